The van der Waals surface area contributed by atoms with Crippen LogP contribution in [0.4, 0.5) is 0 Å². The quantitative estimate of drug-likeness (QED) is 0.773. The number of carbonyl (C=O) groups excluding carboxylic acids is 2. The van der Waals surface area contributed by atoms with E-state index in [1.807, 2.05) is 0 Å². The van der Waals surface area contributed by atoms with Gasteiger partial charge in [-0.05, 0) is 31.0 Å². The van der Waals surface area contributed by atoms with Crippen LogP contribution in [0.5, 0.6) is 0 Å². The highest BCUT2D eigenvalue weighted by molar-refractivity contribution is 7.89. The third-order valence-electron chi connectivity index (χ3n) is 4.26. The van der Waals surface area contributed by atoms with Crippen molar-refractivity contribution in [3.8, 4) is 0 Å². The summed E-state index contributed by atoms with van der Waals surface area (Å²) in [4.78, 5) is 25.0. The Morgan fingerprint density at radius 1 is 0.909 bits per heavy atom. The zero-order chi connectivity index (χ0) is 15.9. The fourth-order valence-corrected chi connectivity index (χ4v) is 4.48. The van der Waals surface area contributed by atoms with Crippen molar-refractivity contribution in [2.75, 3.05) is 20.1 Å². The molecule has 1 fully saturated rings. The summed E-state index contributed by atoms with van der Waals surface area (Å²) in [5.41, 5.74) is 0.436. The van der Waals surface area contributed by atoms with E-state index in [0.717, 1.165) is 30.6 Å². The standard InChI is InChI=1S/C15H18N2O4S/c1-16-14(18)12-7-6-11(10-13(12)15(16)19)22(20,21)17-8-4-2-3-5-9-17/h6-7,10H,2-5,8-9H2,1H3. The molecule has 1 aromatic carbocycles. The molecule has 1 saturated heterocycles. The Kier molecular flexibility index (Phi) is 3.78. The number of carbonyl (C=O) groups is 2. The second-order valence-electron chi connectivity index (χ2n) is 5.70. The summed E-state index contributed by atoms with van der Waals surface area (Å²) in [5.74, 6) is -0.841. The lowest BCUT2D eigenvalue weighted by molar-refractivity contribution is 0.0693. The Morgan fingerprint density at radius 3 is 2.14 bits per heavy atom. The molecule has 2 aliphatic rings. The van der Waals surface area contributed by atoms with Gasteiger partial charge in [-0.2, -0.15) is 4.31 Å². The SMILES string of the molecule is CN1C(=O)c2ccc(S(=O)(=O)N3CCCCCC3)cc2C1=O. The van der Waals surface area contributed by atoms with Crippen LogP contribution in [0.15, 0.2) is 23.1 Å². The normalized spacial score (nSPS) is 20.1. The van der Waals surface area contributed by atoms with Gasteiger partial charge in [-0.25, -0.2) is 8.42 Å². The summed E-state index contributed by atoms with van der Waals surface area (Å²) in [6.07, 6.45) is 3.77. The average molecular weight is 322 g/mol. The third kappa shape index (κ3) is 2.34. The molecule has 0 aliphatic carbocycles. The first-order valence-corrected chi connectivity index (χ1v) is 8.83. The summed E-state index contributed by atoms with van der Waals surface area (Å²) in [6.45, 7) is 1.01. The van der Waals surface area contributed by atoms with Crippen molar-refractivity contribution in [2.24, 2.45) is 0 Å². The van der Waals surface area contributed by atoms with Crippen LogP contribution < -0.4 is 0 Å². The zero-order valence-corrected chi connectivity index (χ0v) is 13.2. The molecule has 22 heavy (non-hydrogen) atoms. The molecule has 0 unspecified atom stereocenters. The van der Waals surface area contributed by atoms with Crippen LogP contribution in [-0.4, -0.2) is 49.6 Å². The zero-order valence-electron chi connectivity index (χ0n) is 12.4. The number of amides is 2. The van der Waals surface area contributed by atoms with Gasteiger partial charge < -0.3 is 0 Å². The van der Waals surface area contributed by atoms with Crippen molar-refractivity contribution in [3.63, 3.8) is 0 Å². The van der Waals surface area contributed by atoms with Crippen molar-refractivity contribution >= 4 is 21.8 Å². The van der Waals surface area contributed by atoms with Crippen LogP contribution in [0, 0.1) is 0 Å². The van der Waals surface area contributed by atoms with Gasteiger partial charge in [-0.3, -0.25) is 14.5 Å². The number of nitrogens with zero attached hydrogens (tertiary/aromatic N) is 2. The highest BCUT2D eigenvalue weighted by atomic mass is 32.2. The third-order valence-corrected chi connectivity index (χ3v) is 6.16. The van der Waals surface area contributed by atoms with Gasteiger partial charge in [0.25, 0.3) is 11.8 Å². The summed E-state index contributed by atoms with van der Waals surface area (Å²) >= 11 is 0. The van der Waals surface area contributed by atoms with Gasteiger partial charge in [0.15, 0.2) is 0 Å². The van der Waals surface area contributed by atoms with Crippen LogP contribution in [0.3, 0.4) is 0 Å². The van der Waals surface area contributed by atoms with E-state index in [4.69, 9.17) is 0 Å². The van der Waals surface area contributed by atoms with Gasteiger partial charge in [0.05, 0.1) is 16.0 Å². The first kappa shape index (κ1) is 15.2. The predicted molar refractivity (Wildman–Crippen MR) is 80.1 cm³/mol. The molecule has 6 nitrogen and oxygen atoms in total. The maximum absolute atomic E-state index is 12.7. The molecule has 0 atom stereocenters. The molecule has 0 radical (unpaired) electrons. The van der Waals surface area contributed by atoms with Crippen LogP contribution in [0.2, 0.25) is 0 Å². The smallest absolute Gasteiger partial charge is 0.261 e. The summed E-state index contributed by atoms with van der Waals surface area (Å²) in [5, 5.41) is 0. The van der Waals surface area contributed by atoms with E-state index >= 15 is 0 Å². The highest BCUT2D eigenvalue weighted by Crippen LogP contribution is 2.27. The van der Waals surface area contributed by atoms with E-state index in [-0.39, 0.29) is 16.0 Å². The maximum atomic E-state index is 12.7. The minimum Gasteiger partial charge on any atom is -0.277 e. The van der Waals surface area contributed by atoms with Gasteiger partial charge >= 0.3 is 0 Å². The van der Waals surface area contributed by atoms with Crippen molar-refractivity contribution in [1.29, 1.82) is 0 Å². The van der Waals surface area contributed by atoms with Gasteiger partial charge in [0, 0.05) is 20.1 Å². The van der Waals surface area contributed by atoms with Gasteiger partial charge in [0.1, 0.15) is 0 Å². The van der Waals surface area contributed by atoms with E-state index in [0.29, 0.717) is 13.1 Å². The number of imide groups is 1. The maximum Gasteiger partial charge on any atom is 0.261 e. The van der Waals surface area contributed by atoms with Crippen molar-refractivity contribution in [1.82, 2.24) is 9.21 Å². The molecule has 0 spiro atoms. The number of hydrogen-bond donors (Lipinski definition) is 0. The molecular formula is C15H18N2O4S. The van der Waals surface area contributed by atoms with Gasteiger partial charge in [0.2, 0.25) is 10.0 Å². The van der Waals surface area contributed by atoms with Crippen LogP contribution >= 0.6 is 0 Å². The first-order chi connectivity index (χ1) is 10.4. The molecule has 0 N–H and O–H groups in total. The minimum absolute atomic E-state index is 0.0876. The van der Waals surface area contributed by atoms with Crippen molar-refractivity contribution in [3.05, 3.63) is 29.3 Å². The van der Waals surface area contributed by atoms with E-state index in [1.165, 1.54) is 29.6 Å². The molecular weight excluding hydrogens is 304 g/mol. The molecule has 3 rings (SSSR count). The fourth-order valence-electron chi connectivity index (χ4n) is 2.93. The Bertz CT molecular complexity index is 734. The number of benzene rings is 1. The van der Waals surface area contributed by atoms with Crippen molar-refractivity contribution < 1.29 is 18.0 Å². The lowest BCUT2D eigenvalue weighted by Gasteiger charge is -2.20. The van der Waals surface area contributed by atoms with E-state index < -0.39 is 21.8 Å². The average Bonchev–Trinajstić information content (AvgIpc) is 2.75. The summed E-state index contributed by atoms with van der Waals surface area (Å²) in [7, 11) is -2.22. The Balaban J connectivity index is 1.99. The fraction of sp³-hybridized carbons (Fsp3) is 0.467. The first-order valence-electron chi connectivity index (χ1n) is 7.39. The topological polar surface area (TPSA) is 74.8 Å². The van der Waals surface area contributed by atoms with Crippen LogP contribution in [-0.2, 0) is 10.0 Å². The van der Waals surface area contributed by atoms with Crippen LogP contribution in [0.25, 0.3) is 0 Å². The number of sulfonamides is 1. The Morgan fingerprint density at radius 2 is 1.50 bits per heavy atom. The molecule has 2 aliphatic heterocycles. The van der Waals surface area contributed by atoms with E-state index in [1.54, 1.807) is 0 Å². The Labute approximate surface area is 129 Å². The minimum atomic E-state index is -3.61. The van der Waals surface area contributed by atoms with Gasteiger partial charge in [-0.15, -0.1) is 0 Å². The lowest BCUT2D eigenvalue weighted by Crippen LogP contribution is -2.32. The monoisotopic (exact) mass is 322 g/mol. The molecule has 2 amide bonds. The largest absolute Gasteiger partial charge is 0.277 e. The highest BCUT2D eigenvalue weighted by Gasteiger charge is 2.35. The van der Waals surface area contributed by atoms with Gasteiger partial charge in [-0.1, -0.05) is 12.8 Å². The van der Waals surface area contributed by atoms with Crippen molar-refractivity contribution in [2.45, 2.75) is 30.6 Å². The predicted octanol–water partition coefficient (Wildman–Crippen LogP) is 1.48. The molecule has 1 aromatic rings. The molecule has 0 bridgehead atoms. The summed E-state index contributed by atoms with van der Waals surface area (Å²) in [6, 6.07) is 4.19. The Hall–Kier alpha value is -1.73. The second kappa shape index (κ2) is 5.48. The number of fused-ring (bicyclic) bond motifs is 1. The number of hydrogen-bond acceptors (Lipinski definition) is 4. The molecule has 7 heteroatoms. The molecule has 118 valence electrons. The molecule has 2 heterocycles. The molecule has 0 saturated carbocycles. The van der Waals surface area contributed by atoms with Crippen LogP contribution in [0.1, 0.15) is 46.4 Å². The van der Waals surface area contributed by atoms with E-state index in [9.17, 15) is 18.0 Å². The number of rotatable bonds is 2. The summed E-state index contributed by atoms with van der Waals surface area (Å²) < 4.78 is 26.9. The molecule has 0 aromatic heterocycles. The second-order valence-corrected chi connectivity index (χ2v) is 7.63. The lowest BCUT2D eigenvalue weighted by atomic mass is 10.1. The van der Waals surface area contributed by atoms with E-state index in [2.05, 4.69) is 0 Å².